The van der Waals surface area contributed by atoms with E-state index in [1.54, 1.807) is 0 Å². The van der Waals surface area contributed by atoms with Gasteiger partial charge in [0.2, 0.25) is 0 Å². The van der Waals surface area contributed by atoms with Crippen molar-refractivity contribution in [2.45, 2.75) is 0 Å². The molecule has 0 aliphatic rings. The predicted octanol–water partition coefficient (Wildman–Crippen LogP) is 12.4. The first-order valence-electron chi connectivity index (χ1n) is 17.0. The Hall–Kier alpha value is -6.71. The topological polar surface area (TPSA) is 38.7 Å². The van der Waals surface area contributed by atoms with E-state index >= 15 is 0 Å². The summed E-state index contributed by atoms with van der Waals surface area (Å²) in [5.41, 5.74) is 2.95. The van der Waals surface area contributed by atoms with Crippen LogP contribution in [0.4, 0.5) is 0 Å². The molecule has 11 rings (SSSR count). The van der Waals surface area contributed by atoms with Crippen molar-refractivity contribution in [3.05, 3.63) is 164 Å². The van der Waals surface area contributed by atoms with Crippen molar-refractivity contribution in [1.82, 2.24) is 15.0 Å². The van der Waals surface area contributed by atoms with Gasteiger partial charge in [-0.05, 0) is 87.5 Å². The van der Waals surface area contributed by atoms with Crippen LogP contribution in [0.3, 0.4) is 0 Å². The largest absolute Gasteiger partial charge is 0.208 e. The van der Waals surface area contributed by atoms with Crippen LogP contribution in [0.1, 0.15) is 0 Å². The van der Waals surface area contributed by atoms with E-state index in [1.807, 2.05) is 18.2 Å². The van der Waals surface area contributed by atoms with Crippen LogP contribution in [0, 0.1) is 0 Å². The molecule has 0 saturated carbocycles. The van der Waals surface area contributed by atoms with Crippen molar-refractivity contribution in [1.29, 1.82) is 0 Å². The summed E-state index contributed by atoms with van der Waals surface area (Å²) in [7, 11) is 0. The maximum absolute atomic E-state index is 5.36. The van der Waals surface area contributed by atoms with Crippen molar-refractivity contribution in [3.8, 4) is 34.2 Å². The maximum atomic E-state index is 5.36. The van der Waals surface area contributed by atoms with Gasteiger partial charge in [0.05, 0.1) is 0 Å². The first-order chi connectivity index (χ1) is 24.8. The third kappa shape index (κ3) is 3.89. The van der Waals surface area contributed by atoms with E-state index in [2.05, 4.69) is 146 Å². The molecule has 3 heteroatoms. The highest BCUT2D eigenvalue weighted by Crippen LogP contribution is 2.43. The molecule has 1 aromatic heterocycles. The Balaban J connectivity index is 1.26. The minimum atomic E-state index is 0.656. The second-order valence-electron chi connectivity index (χ2n) is 13.1. The van der Waals surface area contributed by atoms with E-state index in [9.17, 15) is 0 Å². The maximum Gasteiger partial charge on any atom is 0.164 e. The first-order valence-corrected chi connectivity index (χ1v) is 17.0. The second-order valence-corrected chi connectivity index (χ2v) is 13.1. The quantitative estimate of drug-likeness (QED) is 0.182. The van der Waals surface area contributed by atoms with Crippen LogP contribution < -0.4 is 0 Å². The fraction of sp³-hybridized carbons (Fsp3) is 0. The molecule has 0 saturated heterocycles. The summed E-state index contributed by atoms with van der Waals surface area (Å²) in [6.45, 7) is 0. The molecule has 3 nitrogen and oxygen atoms in total. The van der Waals surface area contributed by atoms with Gasteiger partial charge in [0.1, 0.15) is 0 Å². The molecule has 0 radical (unpaired) electrons. The van der Waals surface area contributed by atoms with Crippen molar-refractivity contribution >= 4 is 75.4 Å². The van der Waals surface area contributed by atoms with Gasteiger partial charge in [0.25, 0.3) is 0 Å². The lowest BCUT2D eigenvalue weighted by molar-refractivity contribution is 1.08. The summed E-state index contributed by atoms with van der Waals surface area (Å²) in [6.07, 6.45) is 0. The van der Waals surface area contributed by atoms with Crippen molar-refractivity contribution in [3.63, 3.8) is 0 Å². The van der Waals surface area contributed by atoms with Gasteiger partial charge in [-0.1, -0.05) is 152 Å². The molecule has 230 valence electrons. The average molecular weight is 634 g/mol. The van der Waals surface area contributed by atoms with Crippen molar-refractivity contribution in [2.24, 2.45) is 0 Å². The smallest absolute Gasteiger partial charge is 0.164 e. The van der Waals surface area contributed by atoms with Crippen molar-refractivity contribution < 1.29 is 0 Å². The summed E-state index contributed by atoms with van der Waals surface area (Å²) in [4.78, 5) is 15.8. The van der Waals surface area contributed by atoms with E-state index < -0.39 is 0 Å². The fourth-order valence-electron chi connectivity index (χ4n) is 8.22. The SMILES string of the molecule is c1ccc(-c2nc(-c3cc4c5ccccc5c5ccccc5c4c4ccccc34)nc(-c3ccc4ccc5cccc6ccc3c4c56)n2)cc1. The van der Waals surface area contributed by atoms with Gasteiger partial charge in [0.15, 0.2) is 17.5 Å². The van der Waals surface area contributed by atoms with Crippen LogP contribution >= 0.6 is 0 Å². The Morgan fingerprint density at radius 2 is 0.760 bits per heavy atom. The van der Waals surface area contributed by atoms with Gasteiger partial charge in [-0.3, -0.25) is 0 Å². The minimum absolute atomic E-state index is 0.656. The highest BCUT2D eigenvalue weighted by Gasteiger charge is 2.20. The number of rotatable bonds is 3. The van der Waals surface area contributed by atoms with E-state index in [0.29, 0.717) is 17.5 Å². The first kappa shape index (κ1) is 27.3. The number of hydrogen-bond acceptors (Lipinski definition) is 3. The van der Waals surface area contributed by atoms with Crippen LogP contribution in [-0.4, -0.2) is 15.0 Å². The standard InChI is InChI=1S/C47H27N3/c1-2-11-31(12-3-1)45-48-46(39-26-24-30-22-21-28-13-10-14-29-23-25-38(39)43(30)42(28)29)50-47(49-45)41-27-40-34-17-5-4-15-32(34)33-16-6-8-19-36(33)44(40)37-20-9-7-18-35(37)41/h1-27H. The molecule has 0 N–H and O–H groups in total. The number of aromatic nitrogens is 3. The zero-order chi connectivity index (χ0) is 32.8. The zero-order valence-electron chi connectivity index (χ0n) is 26.9. The second kappa shape index (κ2) is 10.4. The summed E-state index contributed by atoms with van der Waals surface area (Å²) in [6, 6.07) is 58.5. The molecule has 0 unspecified atom stereocenters. The Bertz CT molecular complexity index is 3130. The van der Waals surface area contributed by atoms with Crippen LogP contribution in [0.2, 0.25) is 0 Å². The van der Waals surface area contributed by atoms with E-state index in [4.69, 9.17) is 15.0 Å². The van der Waals surface area contributed by atoms with Gasteiger partial charge in [-0.15, -0.1) is 0 Å². The number of nitrogens with zero attached hydrogens (tertiary/aromatic N) is 3. The Kier molecular flexibility index (Phi) is 5.67. The van der Waals surface area contributed by atoms with E-state index in [0.717, 1.165) is 27.5 Å². The highest BCUT2D eigenvalue weighted by molar-refractivity contribution is 6.33. The lowest BCUT2D eigenvalue weighted by Crippen LogP contribution is -2.01. The summed E-state index contributed by atoms with van der Waals surface area (Å²) in [5.74, 6) is 1.98. The van der Waals surface area contributed by atoms with Crippen molar-refractivity contribution in [2.75, 3.05) is 0 Å². The minimum Gasteiger partial charge on any atom is -0.208 e. The molecule has 0 bridgehead atoms. The fourth-order valence-corrected chi connectivity index (χ4v) is 8.22. The molecular weight excluding hydrogens is 607 g/mol. The molecule has 0 amide bonds. The molecule has 10 aromatic carbocycles. The summed E-state index contributed by atoms with van der Waals surface area (Å²) >= 11 is 0. The zero-order valence-corrected chi connectivity index (χ0v) is 26.9. The van der Waals surface area contributed by atoms with Gasteiger partial charge < -0.3 is 0 Å². The predicted molar refractivity (Wildman–Crippen MR) is 210 cm³/mol. The number of fused-ring (bicyclic) bond motifs is 8. The number of hydrogen-bond donors (Lipinski definition) is 0. The lowest BCUT2D eigenvalue weighted by Gasteiger charge is -2.17. The average Bonchev–Trinajstić information content (AvgIpc) is 3.19. The monoisotopic (exact) mass is 633 g/mol. The van der Waals surface area contributed by atoms with Gasteiger partial charge in [-0.25, -0.2) is 15.0 Å². The summed E-state index contributed by atoms with van der Waals surface area (Å²) < 4.78 is 0. The third-order valence-corrected chi connectivity index (χ3v) is 10.4. The van der Waals surface area contributed by atoms with Crippen LogP contribution in [-0.2, 0) is 0 Å². The lowest BCUT2D eigenvalue weighted by atomic mass is 9.89. The van der Waals surface area contributed by atoms with Gasteiger partial charge in [-0.2, -0.15) is 0 Å². The Morgan fingerprint density at radius 3 is 1.48 bits per heavy atom. The van der Waals surface area contributed by atoms with E-state index in [-0.39, 0.29) is 0 Å². The molecule has 50 heavy (non-hydrogen) atoms. The van der Waals surface area contributed by atoms with E-state index in [1.165, 1.54) is 64.6 Å². The molecule has 0 atom stereocenters. The third-order valence-electron chi connectivity index (χ3n) is 10.4. The van der Waals surface area contributed by atoms with Crippen LogP contribution in [0.25, 0.3) is 110 Å². The van der Waals surface area contributed by atoms with Crippen LogP contribution in [0.15, 0.2) is 164 Å². The van der Waals surface area contributed by atoms with Crippen LogP contribution in [0.5, 0.6) is 0 Å². The Labute approximate surface area is 287 Å². The molecule has 0 fully saturated rings. The normalized spacial score (nSPS) is 12.0. The highest BCUT2D eigenvalue weighted by atomic mass is 15.0. The molecular formula is C47H27N3. The molecule has 1 heterocycles. The molecule has 0 aliphatic heterocycles. The Morgan fingerprint density at radius 1 is 0.260 bits per heavy atom. The molecule has 11 aromatic rings. The van der Waals surface area contributed by atoms with Gasteiger partial charge >= 0.3 is 0 Å². The summed E-state index contributed by atoms with van der Waals surface area (Å²) in [5, 5.41) is 17.1. The molecule has 0 spiro atoms. The van der Waals surface area contributed by atoms with Gasteiger partial charge in [0, 0.05) is 16.7 Å². The number of benzene rings is 10. The molecule has 0 aliphatic carbocycles.